The number of nitrogens with zero attached hydrogens (tertiary/aromatic N) is 3. The van der Waals surface area contributed by atoms with E-state index in [1.807, 2.05) is 35.8 Å². The predicted molar refractivity (Wildman–Crippen MR) is 88.3 cm³/mol. The maximum atomic E-state index is 12.1. The van der Waals surface area contributed by atoms with Gasteiger partial charge in [0.2, 0.25) is 0 Å². The average Bonchev–Trinajstić information content (AvgIpc) is 2.99. The van der Waals surface area contributed by atoms with Crippen LogP contribution in [0.5, 0.6) is 5.75 Å². The summed E-state index contributed by atoms with van der Waals surface area (Å²) < 4.78 is 7.59. The first-order valence-electron chi connectivity index (χ1n) is 7.73. The Balaban J connectivity index is 1.92. The highest BCUT2D eigenvalue weighted by Crippen LogP contribution is 2.24. The Morgan fingerprint density at radius 3 is 2.87 bits per heavy atom. The molecule has 1 aromatic heterocycles. The lowest BCUT2D eigenvalue weighted by atomic mass is 10.2. The van der Waals surface area contributed by atoms with Crippen LogP contribution in [-0.4, -0.2) is 27.4 Å². The number of nitrogens with one attached hydrogen (secondary N) is 2. The third kappa shape index (κ3) is 4.98. The third-order valence-corrected chi connectivity index (χ3v) is 3.15. The summed E-state index contributed by atoms with van der Waals surface area (Å²) in [5.74, 6) is 1.79. The van der Waals surface area contributed by atoms with Crippen LogP contribution in [0.2, 0.25) is 0 Å². The lowest BCUT2D eigenvalue weighted by Crippen LogP contribution is -2.29. The van der Waals surface area contributed by atoms with Gasteiger partial charge in [0.1, 0.15) is 12.1 Å². The van der Waals surface area contributed by atoms with Gasteiger partial charge >= 0.3 is 6.03 Å². The minimum Gasteiger partial charge on any atom is -0.491 e. The Bertz CT molecular complexity index is 639. The highest BCUT2D eigenvalue weighted by Gasteiger charge is 2.09. The van der Waals surface area contributed by atoms with Crippen molar-refractivity contribution in [3.63, 3.8) is 0 Å². The standard InChI is InChI=1S/C16H23N5O2/c1-4-21-11-18-20-15(21)9-17-16(22)19-13-7-5-6-8-14(13)23-10-12(2)3/h5-8,11-12H,4,9-10H2,1-3H3,(H2,17,19,22). The molecule has 0 saturated carbocycles. The van der Waals surface area contributed by atoms with Crippen molar-refractivity contribution in [2.45, 2.75) is 33.9 Å². The van der Waals surface area contributed by atoms with Gasteiger partial charge in [-0.1, -0.05) is 26.0 Å². The fourth-order valence-electron chi connectivity index (χ4n) is 1.96. The van der Waals surface area contributed by atoms with E-state index in [1.54, 1.807) is 6.33 Å². The summed E-state index contributed by atoms with van der Waals surface area (Å²) in [6.07, 6.45) is 1.64. The van der Waals surface area contributed by atoms with Crippen LogP contribution in [0.1, 0.15) is 26.6 Å². The number of anilines is 1. The highest BCUT2D eigenvalue weighted by molar-refractivity contribution is 5.90. The molecule has 0 aliphatic carbocycles. The summed E-state index contributed by atoms with van der Waals surface area (Å²) in [5, 5.41) is 13.4. The van der Waals surface area contributed by atoms with Crippen molar-refractivity contribution in [2.75, 3.05) is 11.9 Å². The lowest BCUT2D eigenvalue weighted by molar-refractivity contribution is 0.250. The van der Waals surface area contributed by atoms with Crippen LogP contribution in [0.25, 0.3) is 0 Å². The Labute approximate surface area is 136 Å². The molecule has 23 heavy (non-hydrogen) atoms. The van der Waals surface area contributed by atoms with Crippen LogP contribution < -0.4 is 15.4 Å². The summed E-state index contributed by atoms with van der Waals surface area (Å²) in [4.78, 5) is 12.1. The summed E-state index contributed by atoms with van der Waals surface area (Å²) in [5.41, 5.74) is 0.641. The maximum Gasteiger partial charge on any atom is 0.319 e. The molecule has 0 saturated heterocycles. The molecule has 2 aromatic rings. The highest BCUT2D eigenvalue weighted by atomic mass is 16.5. The fraction of sp³-hybridized carbons (Fsp3) is 0.438. The quantitative estimate of drug-likeness (QED) is 0.822. The molecular formula is C16H23N5O2. The summed E-state index contributed by atoms with van der Waals surface area (Å²) >= 11 is 0. The first-order chi connectivity index (χ1) is 11.1. The Kier molecular flexibility index (Phi) is 5.96. The molecule has 0 radical (unpaired) electrons. The van der Waals surface area contributed by atoms with E-state index in [4.69, 9.17) is 4.74 Å². The van der Waals surface area contributed by atoms with Crippen molar-refractivity contribution in [1.29, 1.82) is 0 Å². The van der Waals surface area contributed by atoms with Crippen molar-refractivity contribution >= 4 is 11.7 Å². The number of carbonyl (C=O) groups is 1. The minimum absolute atomic E-state index is 0.309. The number of aromatic nitrogens is 3. The molecular weight excluding hydrogens is 294 g/mol. The van der Waals surface area contributed by atoms with Gasteiger partial charge in [0.25, 0.3) is 0 Å². The van der Waals surface area contributed by atoms with E-state index >= 15 is 0 Å². The molecule has 7 nitrogen and oxygen atoms in total. The summed E-state index contributed by atoms with van der Waals surface area (Å²) in [6, 6.07) is 7.07. The van der Waals surface area contributed by atoms with E-state index in [2.05, 4.69) is 34.7 Å². The van der Waals surface area contributed by atoms with Crippen LogP contribution in [0, 0.1) is 5.92 Å². The smallest absolute Gasteiger partial charge is 0.319 e. The molecule has 2 N–H and O–H groups in total. The molecule has 2 amide bonds. The number of benzene rings is 1. The number of aryl methyl sites for hydroxylation is 1. The lowest BCUT2D eigenvalue weighted by Gasteiger charge is -2.14. The molecule has 0 aliphatic rings. The van der Waals surface area contributed by atoms with E-state index < -0.39 is 0 Å². The molecule has 0 fully saturated rings. The maximum absolute atomic E-state index is 12.1. The molecule has 0 spiro atoms. The number of ether oxygens (including phenoxy) is 1. The largest absolute Gasteiger partial charge is 0.491 e. The molecule has 0 aliphatic heterocycles. The van der Waals surface area contributed by atoms with Gasteiger partial charge in [-0.3, -0.25) is 0 Å². The number of para-hydroxylation sites is 2. The molecule has 2 rings (SSSR count). The summed E-state index contributed by atoms with van der Waals surface area (Å²) in [7, 11) is 0. The van der Waals surface area contributed by atoms with E-state index in [0.717, 1.165) is 6.54 Å². The van der Waals surface area contributed by atoms with Crippen LogP contribution in [0.4, 0.5) is 10.5 Å². The summed E-state index contributed by atoms with van der Waals surface area (Å²) in [6.45, 7) is 7.82. The zero-order valence-corrected chi connectivity index (χ0v) is 13.7. The molecule has 0 atom stereocenters. The first kappa shape index (κ1) is 16.8. The van der Waals surface area contributed by atoms with Gasteiger partial charge in [-0.15, -0.1) is 10.2 Å². The van der Waals surface area contributed by atoms with Gasteiger partial charge in [0, 0.05) is 6.54 Å². The van der Waals surface area contributed by atoms with E-state index in [0.29, 0.717) is 36.3 Å². The average molecular weight is 317 g/mol. The van der Waals surface area contributed by atoms with Gasteiger partial charge in [0.15, 0.2) is 5.82 Å². The van der Waals surface area contributed by atoms with E-state index in [1.165, 1.54) is 0 Å². The number of amides is 2. The molecule has 124 valence electrons. The van der Waals surface area contributed by atoms with Crippen molar-refractivity contribution in [1.82, 2.24) is 20.1 Å². The van der Waals surface area contributed by atoms with Crippen molar-refractivity contribution < 1.29 is 9.53 Å². The third-order valence-electron chi connectivity index (χ3n) is 3.15. The topological polar surface area (TPSA) is 81.1 Å². The van der Waals surface area contributed by atoms with Gasteiger partial charge in [-0.2, -0.15) is 0 Å². The Morgan fingerprint density at radius 2 is 2.13 bits per heavy atom. The van der Waals surface area contributed by atoms with Gasteiger partial charge in [0.05, 0.1) is 18.8 Å². The molecule has 1 heterocycles. The molecule has 1 aromatic carbocycles. The zero-order valence-electron chi connectivity index (χ0n) is 13.7. The van der Waals surface area contributed by atoms with Crippen molar-refractivity contribution in [2.24, 2.45) is 5.92 Å². The van der Waals surface area contributed by atoms with Crippen molar-refractivity contribution in [3.8, 4) is 5.75 Å². The molecule has 0 unspecified atom stereocenters. The number of rotatable bonds is 7. The number of hydrogen-bond acceptors (Lipinski definition) is 4. The van der Waals surface area contributed by atoms with E-state index in [9.17, 15) is 4.79 Å². The molecule has 0 bridgehead atoms. The normalized spacial score (nSPS) is 10.6. The Hall–Kier alpha value is -2.57. The second-order valence-electron chi connectivity index (χ2n) is 5.54. The van der Waals surface area contributed by atoms with Crippen LogP contribution >= 0.6 is 0 Å². The van der Waals surface area contributed by atoms with Crippen LogP contribution in [0.3, 0.4) is 0 Å². The van der Waals surface area contributed by atoms with Crippen LogP contribution in [0.15, 0.2) is 30.6 Å². The second-order valence-corrected chi connectivity index (χ2v) is 5.54. The minimum atomic E-state index is -0.309. The Morgan fingerprint density at radius 1 is 1.35 bits per heavy atom. The number of hydrogen-bond donors (Lipinski definition) is 2. The van der Waals surface area contributed by atoms with E-state index in [-0.39, 0.29) is 6.03 Å². The van der Waals surface area contributed by atoms with Crippen molar-refractivity contribution in [3.05, 3.63) is 36.4 Å². The SMILES string of the molecule is CCn1cnnc1CNC(=O)Nc1ccccc1OCC(C)C. The number of carbonyl (C=O) groups excluding carboxylic acids is 1. The second kappa shape index (κ2) is 8.17. The zero-order chi connectivity index (χ0) is 16.7. The fourth-order valence-corrected chi connectivity index (χ4v) is 1.96. The molecule has 7 heteroatoms. The van der Waals surface area contributed by atoms with Gasteiger partial charge in [-0.05, 0) is 25.0 Å². The van der Waals surface area contributed by atoms with Crippen LogP contribution in [-0.2, 0) is 13.1 Å². The number of urea groups is 1. The predicted octanol–water partition coefficient (Wildman–Crippen LogP) is 2.65. The first-order valence-corrected chi connectivity index (χ1v) is 7.73. The van der Waals surface area contributed by atoms with Gasteiger partial charge < -0.3 is 19.9 Å². The van der Waals surface area contributed by atoms with Gasteiger partial charge in [-0.25, -0.2) is 4.79 Å². The monoisotopic (exact) mass is 317 g/mol.